The van der Waals surface area contributed by atoms with Gasteiger partial charge in [-0.3, -0.25) is 14.0 Å². The first-order chi connectivity index (χ1) is 16.5. The van der Waals surface area contributed by atoms with E-state index in [0.717, 1.165) is 31.7 Å². The first-order valence-corrected chi connectivity index (χ1v) is 12.8. The molecule has 34 heavy (non-hydrogen) atoms. The number of amides is 1. The Hall–Kier alpha value is -3.36. The van der Waals surface area contributed by atoms with Crippen LogP contribution >= 0.6 is 0 Å². The molecule has 3 aromatic rings. The Morgan fingerprint density at radius 2 is 1.85 bits per heavy atom. The maximum absolute atomic E-state index is 13.4. The van der Waals surface area contributed by atoms with Gasteiger partial charge in [0.2, 0.25) is 0 Å². The molecule has 1 N–H and O–H groups in total. The van der Waals surface area contributed by atoms with Gasteiger partial charge in [0, 0.05) is 12.1 Å². The lowest BCUT2D eigenvalue weighted by molar-refractivity contribution is 0.0933. The van der Waals surface area contributed by atoms with E-state index >= 15 is 0 Å². The number of hydrogen-bond donors (Lipinski definition) is 1. The first kappa shape index (κ1) is 23.8. The van der Waals surface area contributed by atoms with Crippen LogP contribution in [0.2, 0.25) is 0 Å². The maximum Gasteiger partial charge on any atom is 0.264 e. The zero-order valence-corrected chi connectivity index (χ0v) is 19.8. The van der Waals surface area contributed by atoms with Gasteiger partial charge in [-0.15, -0.1) is 6.58 Å². The number of anilines is 1. The van der Waals surface area contributed by atoms with Crippen molar-refractivity contribution in [3.05, 3.63) is 97.0 Å². The smallest absolute Gasteiger partial charge is 0.264 e. The number of sulfonamides is 1. The highest BCUT2D eigenvalue weighted by atomic mass is 32.2. The summed E-state index contributed by atoms with van der Waals surface area (Å²) >= 11 is 0. The van der Waals surface area contributed by atoms with Crippen LogP contribution in [0.1, 0.15) is 35.0 Å². The molecule has 1 aromatic heterocycles. The molecule has 0 unspecified atom stereocenters. The van der Waals surface area contributed by atoms with E-state index in [2.05, 4.69) is 16.8 Å². The van der Waals surface area contributed by atoms with Crippen LogP contribution in [0.5, 0.6) is 0 Å². The van der Waals surface area contributed by atoms with E-state index < -0.39 is 10.0 Å². The maximum atomic E-state index is 13.4. The number of nitrogens with zero attached hydrogens (tertiary/aromatic N) is 2. The fraction of sp³-hybridized carbons (Fsp3) is 0.269. The van der Waals surface area contributed by atoms with E-state index in [0.29, 0.717) is 12.2 Å². The molecule has 0 aliphatic carbocycles. The van der Waals surface area contributed by atoms with Crippen molar-refractivity contribution in [1.29, 1.82) is 0 Å². The number of benzene rings is 2. The fourth-order valence-electron chi connectivity index (χ4n) is 4.21. The lowest BCUT2D eigenvalue weighted by Gasteiger charge is -2.26. The lowest BCUT2D eigenvalue weighted by atomic mass is 10.1. The van der Waals surface area contributed by atoms with Gasteiger partial charge in [-0.1, -0.05) is 30.3 Å². The summed E-state index contributed by atoms with van der Waals surface area (Å²) < 4.78 is 33.7. The van der Waals surface area contributed by atoms with Crippen molar-refractivity contribution in [1.82, 2.24) is 10.2 Å². The summed E-state index contributed by atoms with van der Waals surface area (Å²) in [4.78, 5) is 15.3. The van der Waals surface area contributed by atoms with Gasteiger partial charge in [-0.2, -0.15) is 0 Å². The summed E-state index contributed by atoms with van der Waals surface area (Å²) in [5, 5.41) is 2.96. The van der Waals surface area contributed by atoms with Crippen LogP contribution in [-0.4, -0.2) is 45.4 Å². The molecule has 1 aliphatic heterocycles. The Labute approximate surface area is 200 Å². The van der Waals surface area contributed by atoms with Crippen molar-refractivity contribution in [2.24, 2.45) is 0 Å². The summed E-state index contributed by atoms with van der Waals surface area (Å²) in [5.41, 5.74) is 0.816. The fourth-order valence-corrected chi connectivity index (χ4v) is 5.70. The molecule has 2 heterocycles. The van der Waals surface area contributed by atoms with E-state index in [4.69, 9.17) is 4.42 Å². The molecule has 8 heteroatoms. The molecule has 1 atom stereocenters. The average molecular weight is 480 g/mol. The molecule has 1 aliphatic rings. The average Bonchev–Trinajstić information content (AvgIpc) is 3.58. The van der Waals surface area contributed by atoms with Gasteiger partial charge in [0.15, 0.2) is 0 Å². The number of carbonyl (C=O) groups is 1. The molecule has 178 valence electrons. The first-order valence-electron chi connectivity index (χ1n) is 11.3. The normalized spacial score (nSPS) is 15.1. The highest BCUT2D eigenvalue weighted by Gasteiger charge is 2.27. The third-order valence-electron chi connectivity index (χ3n) is 5.93. The Balaban J connectivity index is 1.53. The van der Waals surface area contributed by atoms with Gasteiger partial charge >= 0.3 is 0 Å². The minimum absolute atomic E-state index is 0.0491. The van der Waals surface area contributed by atoms with Gasteiger partial charge in [0.05, 0.1) is 29.4 Å². The predicted molar refractivity (Wildman–Crippen MR) is 132 cm³/mol. The molecule has 0 bridgehead atoms. The second-order valence-electron chi connectivity index (χ2n) is 8.17. The van der Waals surface area contributed by atoms with Gasteiger partial charge < -0.3 is 9.73 Å². The molecule has 4 rings (SSSR count). The number of nitrogens with one attached hydrogen (secondary N) is 1. The second kappa shape index (κ2) is 10.7. The quantitative estimate of drug-likeness (QED) is 0.440. The second-order valence-corrected chi connectivity index (χ2v) is 10.0. The molecule has 1 saturated heterocycles. The molecular weight excluding hydrogens is 450 g/mol. The molecule has 7 nitrogen and oxygen atoms in total. The Bertz CT molecular complexity index is 1200. The van der Waals surface area contributed by atoms with Crippen molar-refractivity contribution >= 4 is 21.6 Å². The number of rotatable bonds is 10. The standard InChI is InChI=1S/C26H29N3O4S/c1-2-15-29(22-11-4-3-5-12-22)34(31,32)23-13-8-10-21(19-23)26(30)27-20-24(25-14-9-18-33-25)28-16-6-7-17-28/h2-5,8-14,18-19,24H,1,6-7,15-17,20H2,(H,27,30)/t24-/m1/s1. The molecule has 0 radical (unpaired) electrons. The van der Waals surface area contributed by atoms with Crippen LogP contribution in [0.15, 0.2) is 95.0 Å². The Morgan fingerprint density at radius 3 is 2.53 bits per heavy atom. The van der Waals surface area contributed by atoms with Crippen LogP contribution in [-0.2, 0) is 10.0 Å². The summed E-state index contributed by atoms with van der Waals surface area (Å²) in [6.45, 7) is 6.08. The van der Waals surface area contributed by atoms with Crippen molar-refractivity contribution in [2.45, 2.75) is 23.8 Å². The van der Waals surface area contributed by atoms with E-state index in [9.17, 15) is 13.2 Å². The molecule has 1 fully saturated rings. The predicted octanol–water partition coefficient (Wildman–Crippen LogP) is 4.23. The number of hydrogen-bond acceptors (Lipinski definition) is 5. The van der Waals surface area contributed by atoms with Crippen molar-refractivity contribution in [3.8, 4) is 0 Å². The van der Waals surface area contributed by atoms with E-state index in [-0.39, 0.29) is 29.0 Å². The van der Waals surface area contributed by atoms with Crippen LogP contribution < -0.4 is 9.62 Å². The summed E-state index contributed by atoms with van der Waals surface area (Å²) in [7, 11) is -3.89. The molecular formula is C26H29N3O4S. The van der Waals surface area contributed by atoms with Crippen LogP contribution in [0.25, 0.3) is 0 Å². The largest absolute Gasteiger partial charge is 0.468 e. The molecule has 0 spiro atoms. The number of carbonyl (C=O) groups excluding carboxylic acids is 1. The number of furan rings is 1. The third-order valence-corrected chi connectivity index (χ3v) is 7.72. The lowest BCUT2D eigenvalue weighted by Crippen LogP contribution is -2.36. The summed E-state index contributed by atoms with van der Waals surface area (Å²) in [6, 6.07) is 18.7. The minimum Gasteiger partial charge on any atom is -0.468 e. The van der Waals surface area contributed by atoms with E-state index in [1.165, 1.54) is 22.5 Å². The zero-order valence-electron chi connectivity index (χ0n) is 19.0. The van der Waals surface area contributed by atoms with Crippen molar-refractivity contribution < 1.29 is 17.6 Å². The van der Waals surface area contributed by atoms with E-state index in [1.807, 2.05) is 18.2 Å². The SMILES string of the molecule is C=CCN(c1ccccc1)S(=O)(=O)c1cccc(C(=O)NC[C@H](c2ccco2)N2CCCC2)c1. The monoisotopic (exact) mass is 479 g/mol. The van der Waals surface area contributed by atoms with Crippen LogP contribution in [0.4, 0.5) is 5.69 Å². The summed E-state index contributed by atoms with van der Waals surface area (Å²) in [6.07, 6.45) is 5.41. The third kappa shape index (κ3) is 5.24. The summed E-state index contributed by atoms with van der Waals surface area (Å²) in [5.74, 6) is 0.476. The highest BCUT2D eigenvalue weighted by Crippen LogP contribution is 2.26. The van der Waals surface area contributed by atoms with Crippen molar-refractivity contribution in [2.75, 3.05) is 30.5 Å². The topological polar surface area (TPSA) is 82.9 Å². The minimum atomic E-state index is -3.89. The van der Waals surface area contributed by atoms with Gasteiger partial charge in [0.1, 0.15) is 5.76 Å². The molecule has 1 amide bonds. The van der Waals surface area contributed by atoms with Gasteiger partial charge in [0.25, 0.3) is 15.9 Å². The van der Waals surface area contributed by atoms with Gasteiger partial charge in [-0.25, -0.2) is 8.42 Å². The zero-order chi connectivity index (χ0) is 24.0. The highest BCUT2D eigenvalue weighted by molar-refractivity contribution is 7.92. The van der Waals surface area contributed by atoms with E-state index in [1.54, 1.807) is 42.7 Å². The number of para-hydroxylation sites is 1. The van der Waals surface area contributed by atoms with Crippen LogP contribution in [0.3, 0.4) is 0 Å². The van der Waals surface area contributed by atoms with Crippen LogP contribution in [0, 0.1) is 0 Å². The van der Waals surface area contributed by atoms with Gasteiger partial charge in [-0.05, 0) is 68.4 Å². The molecule has 2 aromatic carbocycles. The number of likely N-dealkylation sites (tertiary alicyclic amines) is 1. The molecule has 0 saturated carbocycles. The Morgan fingerprint density at radius 1 is 1.09 bits per heavy atom. The van der Waals surface area contributed by atoms with Crippen molar-refractivity contribution in [3.63, 3.8) is 0 Å². The Kier molecular flexibility index (Phi) is 7.49.